The Balaban J connectivity index is 2.63. The van der Waals surface area contributed by atoms with Crippen molar-refractivity contribution in [2.75, 3.05) is 19.2 Å². The number of urea groups is 1. The normalized spacial score (nSPS) is 9.80. The van der Waals surface area contributed by atoms with Crippen LogP contribution in [0.4, 0.5) is 10.5 Å². The molecule has 0 radical (unpaired) electrons. The summed E-state index contributed by atoms with van der Waals surface area (Å²) in [5, 5.41) is 5.31. The molecule has 2 amide bonds. The van der Waals surface area contributed by atoms with Crippen LogP contribution in [0.3, 0.4) is 0 Å². The minimum atomic E-state index is -0.259. The summed E-state index contributed by atoms with van der Waals surface area (Å²) in [4.78, 5) is 11.3. The molecule has 0 aliphatic heterocycles. The minimum Gasteiger partial charge on any atom is -0.364 e. The highest BCUT2D eigenvalue weighted by atomic mass is 16.5. The molecular weight excluding hydrogens is 192 g/mol. The number of carbonyl (C=O) groups is 1. The Morgan fingerprint density at radius 1 is 1.40 bits per heavy atom. The highest BCUT2D eigenvalue weighted by Crippen LogP contribution is 2.15. The van der Waals surface area contributed by atoms with Gasteiger partial charge in [-0.15, -0.1) is 0 Å². The van der Waals surface area contributed by atoms with E-state index in [9.17, 15) is 4.79 Å². The van der Waals surface area contributed by atoms with Gasteiger partial charge in [-0.25, -0.2) is 4.79 Å². The van der Waals surface area contributed by atoms with Crippen molar-refractivity contribution in [2.24, 2.45) is 0 Å². The van der Waals surface area contributed by atoms with E-state index >= 15 is 0 Å². The molecule has 0 atom stereocenters. The predicted molar refractivity (Wildman–Crippen MR) is 59.9 cm³/mol. The lowest BCUT2D eigenvalue weighted by Gasteiger charge is -2.09. The van der Waals surface area contributed by atoms with Crippen molar-refractivity contribution in [1.82, 2.24) is 5.32 Å². The molecule has 82 valence electrons. The number of hydrogen-bond acceptors (Lipinski definition) is 2. The number of ether oxygens (including phenoxy) is 1. The third-order valence-electron chi connectivity index (χ3n) is 2.02. The van der Waals surface area contributed by atoms with E-state index in [1.807, 2.05) is 32.0 Å². The zero-order valence-corrected chi connectivity index (χ0v) is 9.26. The van der Waals surface area contributed by atoms with Gasteiger partial charge in [0.25, 0.3) is 0 Å². The Morgan fingerprint density at radius 2 is 2.13 bits per heavy atom. The van der Waals surface area contributed by atoms with Gasteiger partial charge in [-0.2, -0.15) is 0 Å². The molecule has 0 saturated carbocycles. The first-order valence-corrected chi connectivity index (χ1v) is 4.74. The lowest BCUT2D eigenvalue weighted by Crippen LogP contribution is -2.30. The van der Waals surface area contributed by atoms with Crippen LogP contribution in [0.25, 0.3) is 0 Å². The third-order valence-corrected chi connectivity index (χ3v) is 2.02. The first-order chi connectivity index (χ1) is 7.13. The molecule has 1 rings (SSSR count). The summed E-state index contributed by atoms with van der Waals surface area (Å²) in [7, 11) is 1.53. The number of aryl methyl sites for hydroxylation is 2. The highest BCUT2D eigenvalue weighted by Gasteiger charge is 2.03. The summed E-state index contributed by atoms with van der Waals surface area (Å²) in [5.41, 5.74) is 2.97. The highest BCUT2D eigenvalue weighted by molar-refractivity contribution is 5.90. The fourth-order valence-electron chi connectivity index (χ4n) is 1.17. The molecule has 1 aromatic rings. The van der Waals surface area contributed by atoms with Crippen molar-refractivity contribution in [3.8, 4) is 0 Å². The van der Waals surface area contributed by atoms with Crippen LogP contribution in [0.1, 0.15) is 11.1 Å². The van der Waals surface area contributed by atoms with E-state index in [0.717, 1.165) is 16.8 Å². The lowest BCUT2D eigenvalue weighted by molar-refractivity contribution is 0.177. The van der Waals surface area contributed by atoms with Gasteiger partial charge in [0, 0.05) is 12.8 Å². The van der Waals surface area contributed by atoms with E-state index in [4.69, 9.17) is 4.74 Å². The number of methoxy groups -OCH3 is 1. The largest absolute Gasteiger partial charge is 0.364 e. The van der Waals surface area contributed by atoms with Crippen molar-refractivity contribution in [3.63, 3.8) is 0 Å². The molecule has 0 fully saturated rings. The monoisotopic (exact) mass is 208 g/mol. The van der Waals surface area contributed by atoms with E-state index in [2.05, 4.69) is 10.6 Å². The topological polar surface area (TPSA) is 50.4 Å². The van der Waals surface area contributed by atoms with Crippen LogP contribution in [0, 0.1) is 13.8 Å². The zero-order chi connectivity index (χ0) is 11.3. The summed E-state index contributed by atoms with van der Waals surface area (Å²) < 4.78 is 4.73. The molecule has 0 aliphatic rings. The van der Waals surface area contributed by atoms with Crippen LogP contribution >= 0.6 is 0 Å². The smallest absolute Gasteiger partial charge is 0.321 e. The van der Waals surface area contributed by atoms with Crippen molar-refractivity contribution >= 4 is 11.7 Å². The molecule has 0 unspecified atom stereocenters. The van der Waals surface area contributed by atoms with Gasteiger partial charge in [-0.1, -0.05) is 12.1 Å². The fraction of sp³-hybridized carbons (Fsp3) is 0.364. The molecule has 4 nitrogen and oxygen atoms in total. The van der Waals surface area contributed by atoms with Gasteiger partial charge >= 0.3 is 6.03 Å². The average molecular weight is 208 g/mol. The van der Waals surface area contributed by atoms with Crippen LogP contribution in [0.2, 0.25) is 0 Å². The van der Waals surface area contributed by atoms with Crippen LogP contribution in [-0.4, -0.2) is 19.9 Å². The predicted octanol–water partition coefficient (Wildman–Crippen LogP) is 2.03. The van der Waals surface area contributed by atoms with Crippen molar-refractivity contribution < 1.29 is 9.53 Å². The Labute approximate surface area is 89.6 Å². The number of hydrogen-bond donors (Lipinski definition) is 2. The van der Waals surface area contributed by atoms with E-state index < -0.39 is 0 Å². The van der Waals surface area contributed by atoms with Gasteiger partial charge in [0.1, 0.15) is 6.73 Å². The van der Waals surface area contributed by atoms with Gasteiger partial charge < -0.3 is 15.4 Å². The molecule has 2 N–H and O–H groups in total. The molecule has 0 aromatic heterocycles. The number of benzene rings is 1. The number of nitrogens with one attached hydrogen (secondary N) is 2. The molecule has 1 aromatic carbocycles. The van der Waals surface area contributed by atoms with Crippen LogP contribution in [0.5, 0.6) is 0 Å². The number of rotatable bonds is 3. The summed E-state index contributed by atoms with van der Waals surface area (Å²) in [6.07, 6.45) is 0. The van der Waals surface area contributed by atoms with E-state index in [1.54, 1.807) is 0 Å². The summed E-state index contributed by atoms with van der Waals surface area (Å²) in [6.45, 7) is 4.14. The molecule has 0 aliphatic carbocycles. The summed E-state index contributed by atoms with van der Waals surface area (Å²) in [5.74, 6) is 0. The molecular formula is C11H16N2O2. The van der Waals surface area contributed by atoms with Crippen molar-refractivity contribution in [2.45, 2.75) is 13.8 Å². The molecule has 4 heteroatoms. The van der Waals surface area contributed by atoms with E-state index in [0.29, 0.717) is 0 Å². The fourth-order valence-corrected chi connectivity index (χ4v) is 1.17. The quantitative estimate of drug-likeness (QED) is 0.747. The maximum atomic E-state index is 11.3. The molecule has 15 heavy (non-hydrogen) atoms. The number of carbonyl (C=O) groups excluding carboxylic acids is 1. The van der Waals surface area contributed by atoms with Gasteiger partial charge in [-0.3, -0.25) is 0 Å². The van der Waals surface area contributed by atoms with Crippen LogP contribution in [-0.2, 0) is 4.74 Å². The average Bonchev–Trinajstić information content (AvgIpc) is 2.20. The number of amides is 2. The van der Waals surface area contributed by atoms with Gasteiger partial charge in [0.2, 0.25) is 0 Å². The standard InChI is InChI=1S/C11H16N2O2/c1-8-4-5-9(2)10(6-8)13-11(14)12-7-15-3/h4-6H,7H2,1-3H3,(H2,12,13,14). The third kappa shape index (κ3) is 3.59. The van der Waals surface area contributed by atoms with E-state index in [-0.39, 0.29) is 12.8 Å². The lowest BCUT2D eigenvalue weighted by atomic mass is 10.1. The van der Waals surface area contributed by atoms with Gasteiger partial charge in [0.05, 0.1) is 0 Å². The van der Waals surface area contributed by atoms with Crippen LogP contribution in [0.15, 0.2) is 18.2 Å². The Hall–Kier alpha value is -1.55. The van der Waals surface area contributed by atoms with Gasteiger partial charge in [0.15, 0.2) is 0 Å². The Morgan fingerprint density at radius 3 is 2.80 bits per heavy atom. The van der Waals surface area contributed by atoms with E-state index in [1.165, 1.54) is 7.11 Å². The SMILES string of the molecule is COCNC(=O)Nc1cc(C)ccc1C. The summed E-state index contributed by atoms with van der Waals surface area (Å²) in [6, 6.07) is 5.65. The summed E-state index contributed by atoms with van der Waals surface area (Å²) >= 11 is 0. The maximum Gasteiger partial charge on any atom is 0.321 e. The Bertz CT molecular complexity index is 350. The molecule has 0 spiro atoms. The van der Waals surface area contributed by atoms with Crippen molar-refractivity contribution in [1.29, 1.82) is 0 Å². The Kier molecular flexibility index (Phi) is 4.12. The second-order valence-electron chi connectivity index (χ2n) is 3.38. The van der Waals surface area contributed by atoms with Gasteiger partial charge in [-0.05, 0) is 31.0 Å². The molecule has 0 bridgehead atoms. The second-order valence-corrected chi connectivity index (χ2v) is 3.38. The first-order valence-electron chi connectivity index (χ1n) is 4.74. The zero-order valence-electron chi connectivity index (χ0n) is 9.26. The number of anilines is 1. The molecule has 0 heterocycles. The van der Waals surface area contributed by atoms with Crippen molar-refractivity contribution in [3.05, 3.63) is 29.3 Å². The molecule has 0 saturated heterocycles. The first kappa shape index (κ1) is 11.5. The second kappa shape index (κ2) is 5.36. The maximum absolute atomic E-state index is 11.3. The minimum absolute atomic E-state index is 0.205. The van der Waals surface area contributed by atoms with Crippen LogP contribution < -0.4 is 10.6 Å².